The van der Waals surface area contributed by atoms with Gasteiger partial charge in [-0.1, -0.05) is 0 Å². The van der Waals surface area contributed by atoms with E-state index in [0.29, 0.717) is 17.9 Å². The lowest BCUT2D eigenvalue weighted by Gasteiger charge is -2.34. The van der Waals surface area contributed by atoms with Crippen molar-refractivity contribution in [3.63, 3.8) is 0 Å². The summed E-state index contributed by atoms with van der Waals surface area (Å²) in [7, 11) is 0. The Morgan fingerprint density at radius 2 is 1.91 bits per heavy atom. The number of hydrogen-bond donors (Lipinski definition) is 1. The van der Waals surface area contributed by atoms with Crippen LogP contribution in [0.25, 0.3) is 5.69 Å². The van der Waals surface area contributed by atoms with E-state index in [9.17, 15) is 9.59 Å². The second-order valence-electron chi connectivity index (χ2n) is 5.24. The number of benzene rings is 1. The first-order chi connectivity index (χ1) is 11.1. The molecule has 1 unspecified atom stereocenters. The molecule has 8 heteroatoms. The van der Waals surface area contributed by atoms with Crippen molar-refractivity contribution < 1.29 is 14.7 Å². The van der Waals surface area contributed by atoms with Crippen LogP contribution in [0, 0.1) is 0 Å². The largest absolute Gasteiger partial charge is 0.481 e. The number of thioether (sulfide) groups is 1. The number of carboxylic acids is 1. The molecule has 0 bridgehead atoms. The number of carbonyl (C=O) groups excluding carboxylic acids is 1. The number of amides is 1. The minimum atomic E-state index is -0.877. The molecule has 0 radical (unpaired) electrons. The van der Waals surface area contributed by atoms with Crippen LogP contribution < -0.4 is 0 Å². The van der Waals surface area contributed by atoms with Crippen molar-refractivity contribution in [2.24, 2.45) is 0 Å². The van der Waals surface area contributed by atoms with E-state index in [2.05, 4.69) is 10.2 Å². The molecule has 0 saturated carbocycles. The van der Waals surface area contributed by atoms with Crippen LogP contribution in [0.4, 0.5) is 0 Å². The molecule has 2 heterocycles. The van der Waals surface area contributed by atoms with Gasteiger partial charge < -0.3 is 10.0 Å². The van der Waals surface area contributed by atoms with Crippen LogP contribution in [0.1, 0.15) is 16.8 Å². The second kappa shape index (κ2) is 6.82. The van der Waals surface area contributed by atoms with Gasteiger partial charge in [-0.05, 0) is 24.3 Å². The maximum absolute atomic E-state index is 12.7. The Morgan fingerprint density at radius 1 is 1.22 bits per heavy atom. The fourth-order valence-corrected chi connectivity index (χ4v) is 3.63. The Morgan fingerprint density at radius 3 is 2.57 bits per heavy atom. The number of carboxylic acid groups (broad SMARTS) is 1. The number of carbonyl (C=O) groups is 2. The highest BCUT2D eigenvalue weighted by atomic mass is 32.2. The molecule has 1 aromatic carbocycles. The van der Waals surface area contributed by atoms with Gasteiger partial charge in [-0.3, -0.25) is 14.2 Å². The Balaban J connectivity index is 1.77. The van der Waals surface area contributed by atoms with Gasteiger partial charge in [-0.2, -0.15) is 11.8 Å². The molecule has 2 aromatic rings. The maximum atomic E-state index is 12.7. The quantitative estimate of drug-likeness (QED) is 0.908. The number of rotatable bonds is 4. The Kier molecular flexibility index (Phi) is 4.61. The molecule has 1 aliphatic rings. The van der Waals surface area contributed by atoms with E-state index in [4.69, 9.17) is 5.11 Å². The number of aromatic nitrogens is 3. The Hall–Kier alpha value is -2.35. The molecule has 1 aromatic heterocycles. The third kappa shape index (κ3) is 3.53. The van der Waals surface area contributed by atoms with Crippen molar-refractivity contribution in [3.8, 4) is 5.69 Å². The molecule has 1 amide bonds. The minimum Gasteiger partial charge on any atom is -0.481 e. The first kappa shape index (κ1) is 15.5. The molecule has 3 rings (SSSR count). The third-order valence-corrected chi connectivity index (χ3v) is 4.82. The van der Waals surface area contributed by atoms with Crippen molar-refractivity contribution in [1.82, 2.24) is 19.7 Å². The van der Waals surface area contributed by atoms with E-state index in [0.717, 1.165) is 11.4 Å². The predicted molar refractivity (Wildman–Crippen MR) is 85.8 cm³/mol. The van der Waals surface area contributed by atoms with Gasteiger partial charge in [-0.15, -0.1) is 10.2 Å². The molecule has 1 fully saturated rings. The molecule has 23 heavy (non-hydrogen) atoms. The fourth-order valence-electron chi connectivity index (χ4n) is 2.57. The normalized spacial score (nSPS) is 17.9. The van der Waals surface area contributed by atoms with Crippen LogP contribution in [-0.2, 0) is 4.79 Å². The van der Waals surface area contributed by atoms with Crippen LogP contribution in [0.2, 0.25) is 0 Å². The predicted octanol–water partition coefficient (Wildman–Crippen LogP) is 1.30. The van der Waals surface area contributed by atoms with Crippen molar-refractivity contribution in [2.75, 3.05) is 18.1 Å². The molecule has 0 spiro atoms. The van der Waals surface area contributed by atoms with E-state index in [1.54, 1.807) is 46.0 Å². The third-order valence-electron chi connectivity index (χ3n) is 3.73. The Labute approximate surface area is 137 Å². The van der Waals surface area contributed by atoms with Crippen molar-refractivity contribution in [3.05, 3.63) is 42.5 Å². The molecule has 1 aliphatic heterocycles. The van der Waals surface area contributed by atoms with Crippen LogP contribution in [-0.4, -0.2) is 60.7 Å². The van der Waals surface area contributed by atoms with Crippen LogP contribution in [0.3, 0.4) is 0 Å². The summed E-state index contributed by atoms with van der Waals surface area (Å²) in [6, 6.07) is 6.88. The van der Waals surface area contributed by atoms with Gasteiger partial charge >= 0.3 is 5.97 Å². The first-order valence-electron chi connectivity index (χ1n) is 7.21. The van der Waals surface area contributed by atoms with E-state index >= 15 is 0 Å². The second-order valence-corrected chi connectivity index (χ2v) is 6.39. The fraction of sp³-hybridized carbons (Fsp3) is 0.333. The standard InChI is InChI=1S/C15H16N4O3S/c20-14(21)7-13-8-23-6-5-19(13)15(22)11-1-3-12(4-2-11)18-9-16-17-10-18/h1-4,9-10,13H,5-8H2,(H,20,21). The topological polar surface area (TPSA) is 88.3 Å². The van der Waals surface area contributed by atoms with E-state index < -0.39 is 5.97 Å². The number of aliphatic carboxylic acids is 1. The minimum absolute atomic E-state index is 0.0163. The highest BCUT2D eigenvalue weighted by Gasteiger charge is 2.29. The molecule has 1 atom stereocenters. The summed E-state index contributed by atoms with van der Waals surface area (Å²) >= 11 is 1.69. The van der Waals surface area contributed by atoms with E-state index in [1.165, 1.54) is 0 Å². The van der Waals surface area contributed by atoms with E-state index in [1.807, 2.05) is 12.1 Å². The van der Waals surface area contributed by atoms with E-state index in [-0.39, 0.29) is 18.4 Å². The zero-order chi connectivity index (χ0) is 16.2. The van der Waals surface area contributed by atoms with Crippen LogP contribution in [0.15, 0.2) is 36.9 Å². The molecular weight excluding hydrogens is 316 g/mol. The SMILES string of the molecule is O=C(O)CC1CSCCN1C(=O)c1ccc(-n2cnnc2)cc1. The average Bonchev–Trinajstić information content (AvgIpc) is 3.09. The van der Waals surface area contributed by atoms with Crippen LogP contribution >= 0.6 is 11.8 Å². The zero-order valence-electron chi connectivity index (χ0n) is 12.3. The summed E-state index contributed by atoms with van der Waals surface area (Å²) in [6.07, 6.45) is 3.15. The van der Waals surface area contributed by atoms with Crippen molar-refractivity contribution >= 4 is 23.6 Å². The monoisotopic (exact) mass is 332 g/mol. The smallest absolute Gasteiger partial charge is 0.305 e. The molecule has 0 aliphatic carbocycles. The van der Waals surface area contributed by atoms with Gasteiger partial charge in [0.15, 0.2) is 0 Å². The van der Waals surface area contributed by atoms with Gasteiger partial charge in [0.25, 0.3) is 5.91 Å². The summed E-state index contributed by atoms with van der Waals surface area (Å²) in [5.74, 6) is 0.502. The average molecular weight is 332 g/mol. The summed E-state index contributed by atoms with van der Waals surface area (Å²) in [5.41, 5.74) is 1.42. The van der Waals surface area contributed by atoms with Crippen LogP contribution in [0.5, 0.6) is 0 Å². The van der Waals surface area contributed by atoms with Gasteiger partial charge in [0.2, 0.25) is 0 Å². The number of hydrogen-bond acceptors (Lipinski definition) is 5. The molecular formula is C15H16N4O3S. The molecule has 7 nitrogen and oxygen atoms in total. The van der Waals surface area contributed by atoms with Crippen molar-refractivity contribution in [1.29, 1.82) is 0 Å². The zero-order valence-corrected chi connectivity index (χ0v) is 13.1. The molecule has 120 valence electrons. The molecule has 1 N–H and O–H groups in total. The molecule has 1 saturated heterocycles. The lowest BCUT2D eigenvalue weighted by molar-refractivity contribution is -0.138. The Bertz CT molecular complexity index is 687. The number of nitrogens with zero attached hydrogens (tertiary/aromatic N) is 4. The van der Waals surface area contributed by atoms with Gasteiger partial charge in [-0.25, -0.2) is 0 Å². The van der Waals surface area contributed by atoms with Gasteiger partial charge in [0.1, 0.15) is 12.7 Å². The van der Waals surface area contributed by atoms with Crippen molar-refractivity contribution in [2.45, 2.75) is 12.5 Å². The highest BCUT2D eigenvalue weighted by molar-refractivity contribution is 7.99. The lowest BCUT2D eigenvalue weighted by atomic mass is 10.1. The highest BCUT2D eigenvalue weighted by Crippen LogP contribution is 2.22. The lowest BCUT2D eigenvalue weighted by Crippen LogP contribution is -2.47. The summed E-state index contributed by atoms with van der Waals surface area (Å²) in [4.78, 5) is 25.3. The van der Waals surface area contributed by atoms with Gasteiger partial charge in [0.05, 0.1) is 12.5 Å². The summed E-state index contributed by atoms with van der Waals surface area (Å²) < 4.78 is 1.75. The first-order valence-corrected chi connectivity index (χ1v) is 8.36. The van der Waals surface area contributed by atoms with Gasteiger partial charge in [0, 0.05) is 29.3 Å². The summed E-state index contributed by atoms with van der Waals surface area (Å²) in [6.45, 7) is 0.578. The maximum Gasteiger partial charge on any atom is 0.305 e. The summed E-state index contributed by atoms with van der Waals surface area (Å²) in [5, 5.41) is 16.5.